The highest BCUT2D eigenvalue weighted by molar-refractivity contribution is 5.25. The van der Waals surface area contributed by atoms with Gasteiger partial charge in [-0.2, -0.15) is 0 Å². The highest BCUT2D eigenvalue weighted by atomic mass is 15.0. The van der Waals surface area contributed by atoms with Crippen LogP contribution in [0.4, 0.5) is 0 Å². The van der Waals surface area contributed by atoms with Crippen molar-refractivity contribution < 1.29 is 0 Å². The molecule has 2 saturated carbocycles. The van der Waals surface area contributed by atoms with E-state index in [1.807, 2.05) is 0 Å². The average molecular weight is 257 g/mol. The molecule has 3 aliphatic carbocycles. The van der Waals surface area contributed by atoms with Gasteiger partial charge in [0, 0.05) is 23.3 Å². The van der Waals surface area contributed by atoms with Crippen LogP contribution in [-0.2, 0) is 18.3 Å². The number of fused-ring (bicyclic) bond motifs is 1. The lowest BCUT2D eigenvalue weighted by molar-refractivity contribution is 0.416. The molecule has 3 aliphatic rings. The van der Waals surface area contributed by atoms with E-state index < -0.39 is 0 Å². The predicted octanol–water partition coefficient (Wildman–Crippen LogP) is 2.39. The van der Waals surface area contributed by atoms with E-state index in [9.17, 15) is 0 Å². The minimum Gasteiger partial charge on any atom is -0.314 e. The van der Waals surface area contributed by atoms with Gasteiger partial charge in [-0.05, 0) is 63.0 Å². The number of hydrogen-bond acceptors (Lipinski definition) is 3. The first kappa shape index (κ1) is 11.8. The van der Waals surface area contributed by atoms with Gasteiger partial charge in [0.05, 0.1) is 0 Å². The third-order valence-electron chi connectivity index (χ3n) is 5.06. The molecule has 1 unspecified atom stereocenters. The van der Waals surface area contributed by atoms with Gasteiger partial charge in [-0.3, -0.25) is 0 Å². The normalized spacial score (nSPS) is 27.9. The first-order chi connectivity index (χ1) is 9.23. The first-order valence-corrected chi connectivity index (χ1v) is 7.82. The van der Waals surface area contributed by atoms with Crippen LogP contribution in [0.1, 0.15) is 56.1 Å². The van der Waals surface area contributed by atoms with Crippen LogP contribution in [0.15, 0.2) is 6.20 Å². The molecule has 3 heteroatoms. The van der Waals surface area contributed by atoms with Crippen molar-refractivity contribution in [3.8, 4) is 0 Å². The zero-order valence-electron chi connectivity index (χ0n) is 11.8. The zero-order chi connectivity index (χ0) is 12.9. The SMILES string of the molecule is CC1(c2ncc3c(n2)CCC(CNC2CC2)C3)CC1. The Hall–Kier alpha value is -0.960. The van der Waals surface area contributed by atoms with Crippen LogP contribution in [0.2, 0.25) is 0 Å². The van der Waals surface area contributed by atoms with Gasteiger partial charge in [0.15, 0.2) is 0 Å². The molecule has 0 amide bonds. The number of hydrogen-bond donors (Lipinski definition) is 1. The molecule has 0 saturated heterocycles. The third-order valence-corrected chi connectivity index (χ3v) is 5.06. The second-order valence-electron chi connectivity index (χ2n) is 7.02. The summed E-state index contributed by atoms with van der Waals surface area (Å²) in [5.41, 5.74) is 3.04. The maximum atomic E-state index is 4.86. The topological polar surface area (TPSA) is 37.8 Å². The molecule has 102 valence electrons. The van der Waals surface area contributed by atoms with Crippen molar-refractivity contribution in [1.82, 2.24) is 15.3 Å². The first-order valence-electron chi connectivity index (χ1n) is 7.82. The molecular formula is C16H23N3. The molecular weight excluding hydrogens is 234 g/mol. The predicted molar refractivity (Wildman–Crippen MR) is 75.2 cm³/mol. The third kappa shape index (κ3) is 2.40. The van der Waals surface area contributed by atoms with Crippen molar-refractivity contribution in [2.24, 2.45) is 5.92 Å². The molecule has 0 aliphatic heterocycles. The quantitative estimate of drug-likeness (QED) is 0.900. The van der Waals surface area contributed by atoms with Crippen LogP contribution < -0.4 is 5.32 Å². The largest absolute Gasteiger partial charge is 0.314 e. The van der Waals surface area contributed by atoms with E-state index in [1.165, 1.54) is 56.3 Å². The number of nitrogens with one attached hydrogen (secondary N) is 1. The van der Waals surface area contributed by atoms with Crippen molar-refractivity contribution in [3.05, 3.63) is 23.3 Å². The average Bonchev–Trinajstić information content (AvgIpc) is 3.33. The van der Waals surface area contributed by atoms with Gasteiger partial charge in [0.1, 0.15) is 5.82 Å². The Morgan fingerprint density at radius 2 is 2.16 bits per heavy atom. The summed E-state index contributed by atoms with van der Waals surface area (Å²) < 4.78 is 0. The fourth-order valence-corrected chi connectivity index (χ4v) is 3.08. The van der Waals surface area contributed by atoms with E-state index >= 15 is 0 Å². The molecule has 4 rings (SSSR count). The number of nitrogens with zero attached hydrogens (tertiary/aromatic N) is 2. The number of aromatic nitrogens is 2. The van der Waals surface area contributed by atoms with E-state index in [0.717, 1.165) is 24.2 Å². The van der Waals surface area contributed by atoms with Gasteiger partial charge < -0.3 is 5.32 Å². The molecule has 0 spiro atoms. The molecule has 1 aromatic heterocycles. The highest BCUT2D eigenvalue weighted by Crippen LogP contribution is 2.46. The van der Waals surface area contributed by atoms with E-state index in [4.69, 9.17) is 4.98 Å². The fourth-order valence-electron chi connectivity index (χ4n) is 3.08. The Morgan fingerprint density at radius 3 is 2.89 bits per heavy atom. The van der Waals surface area contributed by atoms with Crippen molar-refractivity contribution in [3.63, 3.8) is 0 Å². The zero-order valence-corrected chi connectivity index (χ0v) is 11.8. The summed E-state index contributed by atoms with van der Waals surface area (Å²) in [5.74, 6) is 1.89. The summed E-state index contributed by atoms with van der Waals surface area (Å²) in [6.07, 6.45) is 11.0. The lowest BCUT2D eigenvalue weighted by atomic mass is 9.87. The smallest absolute Gasteiger partial charge is 0.134 e. The summed E-state index contributed by atoms with van der Waals surface area (Å²) in [6.45, 7) is 3.48. The minimum atomic E-state index is 0.305. The van der Waals surface area contributed by atoms with Crippen LogP contribution in [-0.4, -0.2) is 22.6 Å². The summed E-state index contributed by atoms with van der Waals surface area (Å²) in [7, 11) is 0. The second-order valence-corrected chi connectivity index (χ2v) is 7.02. The molecule has 19 heavy (non-hydrogen) atoms. The summed E-state index contributed by atoms with van der Waals surface area (Å²) >= 11 is 0. The van der Waals surface area contributed by atoms with Crippen LogP contribution in [0.3, 0.4) is 0 Å². The highest BCUT2D eigenvalue weighted by Gasteiger charge is 2.42. The Balaban J connectivity index is 1.45. The van der Waals surface area contributed by atoms with Gasteiger partial charge >= 0.3 is 0 Å². The van der Waals surface area contributed by atoms with E-state index in [2.05, 4.69) is 23.4 Å². The van der Waals surface area contributed by atoms with Crippen molar-refractivity contribution in [2.75, 3.05) is 6.54 Å². The molecule has 1 atom stereocenters. The molecule has 1 aromatic rings. The second kappa shape index (κ2) is 4.27. The van der Waals surface area contributed by atoms with Gasteiger partial charge in [-0.25, -0.2) is 9.97 Å². The Morgan fingerprint density at radius 1 is 1.32 bits per heavy atom. The molecule has 0 radical (unpaired) electrons. The van der Waals surface area contributed by atoms with Crippen LogP contribution in [0.25, 0.3) is 0 Å². The van der Waals surface area contributed by atoms with Gasteiger partial charge in [-0.15, -0.1) is 0 Å². The summed E-state index contributed by atoms with van der Waals surface area (Å²) in [6, 6.07) is 0.829. The van der Waals surface area contributed by atoms with Crippen LogP contribution in [0.5, 0.6) is 0 Å². The molecule has 1 heterocycles. The fraction of sp³-hybridized carbons (Fsp3) is 0.750. The maximum absolute atomic E-state index is 4.86. The van der Waals surface area contributed by atoms with E-state index in [1.54, 1.807) is 0 Å². The molecule has 0 bridgehead atoms. The Bertz CT molecular complexity index is 489. The lowest BCUT2D eigenvalue weighted by Gasteiger charge is -2.24. The standard InChI is InChI=1S/C16H23N3/c1-16(6-7-16)15-18-10-12-8-11(2-5-14(12)19-15)9-17-13-3-4-13/h10-11,13,17H,2-9H2,1H3. The van der Waals surface area contributed by atoms with Crippen molar-refractivity contribution >= 4 is 0 Å². The van der Waals surface area contributed by atoms with Crippen molar-refractivity contribution in [2.45, 2.75) is 63.3 Å². The Labute approximate surface area is 115 Å². The van der Waals surface area contributed by atoms with Crippen LogP contribution >= 0.6 is 0 Å². The molecule has 0 aromatic carbocycles. The summed E-state index contributed by atoms with van der Waals surface area (Å²) in [4.78, 5) is 9.49. The number of rotatable bonds is 4. The van der Waals surface area contributed by atoms with Crippen molar-refractivity contribution in [1.29, 1.82) is 0 Å². The van der Waals surface area contributed by atoms with Gasteiger partial charge in [0.25, 0.3) is 0 Å². The minimum absolute atomic E-state index is 0.305. The van der Waals surface area contributed by atoms with Gasteiger partial charge in [0.2, 0.25) is 0 Å². The number of aryl methyl sites for hydroxylation is 1. The monoisotopic (exact) mass is 257 g/mol. The molecule has 2 fully saturated rings. The molecule has 3 nitrogen and oxygen atoms in total. The van der Waals surface area contributed by atoms with Crippen LogP contribution in [0, 0.1) is 5.92 Å². The van der Waals surface area contributed by atoms with E-state index in [-0.39, 0.29) is 0 Å². The summed E-state index contributed by atoms with van der Waals surface area (Å²) in [5, 5.41) is 3.66. The lowest BCUT2D eigenvalue weighted by Crippen LogP contribution is -2.29. The maximum Gasteiger partial charge on any atom is 0.134 e. The van der Waals surface area contributed by atoms with Gasteiger partial charge in [-0.1, -0.05) is 6.92 Å². The molecule has 1 N–H and O–H groups in total. The van der Waals surface area contributed by atoms with E-state index in [0.29, 0.717) is 5.41 Å². The Kier molecular flexibility index (Phi) is 2.66.